The molecule has 1 aliphatic rings. The van der Waals surface area contributed by atoms with Crippen LogP contribution >= 0.6 is 0 Å². The van der Waals surface area contributed by atoms with Crippen LogP contribution in [0.2, 0.25) is 0 Å². The molecule has 1 atom stereocenters. The molecule has 2 aromatic heterocycles. The van der Waals surface area contributed by atoms with Crippen molar-refractivity contribution < 1.29 is 5.11 Å². The Kier molecular flexibility index (Phi) is 3.23. The van der Waals surface area contributed by atoms with Crippen LogP contribution in [0.15, 0.2) is 36.7 Å². The monoisotopic (exact) mass is 310 g/mol. The molecule has 3 aromatic rings. The summed E-state index contributed by atoms with van der Waals surface area (Å²) >= 11 is 0. The van der Waals surface area contributed by atoms with Gasteiger partial charge in [0.2, 0.25) is 0 Å². The number of benzene rings is 1. The van der Waals surface area contributed by atoms with Crippen molar-refractivity contribution in [2.45, 2.75) is 25.5 Å². The molecule has 7 heteroatoms. The Morgan fingerprint density at radius 3 is 2.74 bits per heavy atom. The molecule has 1 saturated heterocycles. The predicted molar refractivity (Wildman–Crippen MR) is 86.1 cm³/mol. The molecule has 1 fully saturated rings. The number of aryl methyl sites for hydroxylation is 1. The molecule has 0 bridgehead atoms. The van der Waals surface area contributed by atoms with E-state index >= 15 is 0 Å². The van der Waals surface area contributed by atoms with E-state index in [1.807, 2.05) is 31.2 Å². The van der Waals surface area contributed by atoms with Gasteiger partial charge in [-0.2, -0.15) is 0 Å². The third kappa shape index (κ3) is 2.63. The fraction of sp³-hybridized carbons (Fsp3) is 0.375. The molecule has 1 unspecified atom stereocenters. The van der Waals surface area contributed by atoms with Crippen LogP contribution in [0.5, 0.6) is 0 Å². The summed E-state index contributed by atoms with van der Waals surface area (Å²) in [5, 5.41) is 18.5. The van der Waals surface area contributed by atoms with Gasteiger partial charge >= 0.3 is 0 Å². The van der Waals surface area contributed by atoms with Crippen molar-refractivity contribution in [3.63, 3.8) is 0 Å². The van der Waals surface area contributed by atoms with Crippen molar-refractivity contribution in [3.8, 4) is 0 Å². The van der Waals surface area contributed by atoms with Gasteiger partial charge in [0, 0.05) is 12.7 Å². The van der Waals surface area contributed by atoms with Crippen LogP contribution in [0.25, 0.3) is 11.0 Å². The number of β-amino-alcohol motifs (C(OH)–C–C–N with tert-alkyl or cyclic N) is 1. The van der Waals surface area contributed by atoms with Gasteiger partial charge in [0.25, 0.3) is 0 Å². The van der Waals surface area contributed by atoms with Gasteiger partial charge in [-0.1, -0.05) is 17.3 Å². The highest BCUT2D eigenvalue weighted by atomic mass is 16.3. The molecule has 0 aliphatic carbocycles. The second kappa shape index (κ2) is 5.27. The Morgan fingerprint density at radius 1 is 1.22 bits per heavy atom. The zero-order valence-corrected chi connectivity index (χ0v) is 12.9. The molecule has 1 aliphatic heterocycles. The highest BCUT2D eigenvalue weighted by Crippen LogP contribution is 2.29. The molecule has 0 radical (unpaired) electrons. The average Bonchev–Trinajstić information content (AvgIpc) is 3.17. The summed E-state index contributed by atoms with van der Waals surface area (Å²) in [5.74, 6) is 0.846. The van der Waals surface area contributed by atoms with E-state index < -0.39 is 5.60 Å². The van der Waals surface area contributed by atoms with Gasteiger partial charge in [-0.25, -0.2) is 14.6 Å². The minimum atomic E-state index is -0.826. The number of hydrogen-bond acceptors (Lipinski definition) is 6. The Morgan fingerprint density at radius 2 is 2.00 bits per heavy atom. The summed E-state index contributed by atoms with van der Waals surface area (Å²) in [4.78, 5) is 11.5. The Bertz CT molecular complexity index is 834. The van der Waals surface area contributed by atoms with Gasteiger partial charge in [0.15, 0.2) is 5.82 Å². The zero-order valence-electron chi connectivity index (χ0n) is 12.9. The third-order valence-corrected chi connectivity index (χ3v) is 4.28. The first kappa shape index (κ1) is 14.1. The molecule has 1 N–H and O–H groups in total. The van der Waals surface area contributed by atoms with Gasteiger partial charge in [0.05, 0.1) is 36.0 Å². The van der Waals surface area contributed by atoms with Crippen molar-refractivity contribution in [3.05, 3.63) is 42.4 Å². The van der Waals surface area contributed by atoms with Gasteiger partial charge in [-0.3, -0.25) is 0 Å². The Balaban J connectivity index is 1.61. The number of anilines is 1. The van der Waals surface area contributed by atoms with E-state index in [0.29, 0.717) is 19.5 Å². The molecule has 23 heavy (non-hydrogen) atoms. The number of aliphatic hydroxyl groups is 1. The number of rotatable bonds is 3. The minimum Gasteiger partial charge on any atom is -0.386 e. The van der Waals surface area contributed by atoms with Crippen molar-refractivity contribution in [1.82, 2.24) is 25.0 Å². The largest absolute Gasteiger partial charge is 0.386 e. The molecule has 0 saturated carbocycles. The molecule has 0 amide bonds. The molecular formula is C16H18N6O. The number of fused-ring (bicyclic) bond motifs is 1. The number of aromatic nitrogens is 5. The SMILES string of the molecule is Cc1nc2ccccc2nc1N1CCC(O)(Cn2ccnn2)C1. The highest BCUT2D eigenvalue weighted by Gasteiger charge is 2.38. The smallest absolute Gasteiger partial charge is 0.150 e. The molecular weight excluding hydrogens is 292 g/mol. The van der Waals surface area contributed by atoms with Crippen LogP contribution in [-0.2, 0) is 6.54 Å². The standard InChI is InChI=1S/C16H18N6O/c1-12-15(19-14-5-3-2-4-13(14)18-12)21-8-6-16(23,10-21)11-22-9-7-17-20-22/h2-5,7,9,23H,6,8,10-11H2,1H3. The van der Waals surface area contributed by atoms with E-state index in [2.05, 4.69) is 20.2 Å². The molecule has 3 heterocycles. The summed E-state index contributed by atoms with van der Waals surface area (Å²) in [6.07, 6.45) is 4.05. The maximum atomic E-state index is 10.8. The highest BCUT2D eigenvalue weighted by molar-refractivity contribution is 5.76. The second-order valence-corrected chi connectivity index (χ2v) is 6.12. The van der Waals surface area contributed by atoms with Gasteiger partial charge in [-0.15, -0.1) is 5.10 Å². The quantitative estimate of drug-likeness (QED) is 0.782. The number of hydrogen-bond donors (Lipinski definition) is 1. The summed E-state index contributed by atoms with van der Waals surface area (Å²) in [5.41, 5.74) is 1.83. The summed E-state index contributed by atoms with van der Waals surface area (Å²) in [6.45, 7) is 3.66. The molecule has 118 valence electrons. The maximum absolute atomic E-state index is 10.8. The van der Waals surface area contributed by atoms with Crippen molar-refractivity contribution in [2.75, 3.05) is 18.0 Å². The van der Waals surface area contributed by atoms with Crippen molar-refractivity contribution in [2.24, 2.45) is 0 Å². The molecule has 7 nitrogen and oxygen atoms in total. The average molecular weight is 310 g/mol. The molecule has 4 rings (SSSR count). The first-order valence-electron chi connectivity index (χ1n) is 7.68. The second-order valence-electron chi connectivity index (χ2n) is 6.12. The maximum Gasteiger partial charge on any atom is 0.150 e. The minimum absolute atomic E-state index is 0.434. The van der Waals surface area contributed by atoms with Crippen molar-refractivity contribution >= 4 is 16.9 Å². The summed E-state index contributed by atoms with van der Waals surface area (Å²) < 4.78 is 1.67. The van der Waals surface area contributed by atoms with E-state index in [0.717, 1.165) is 29.1 Å². The normalized spacial score (nSPS) is 21.2. The van der Waals surface area contributed by atoms with Crippen LogP contribution in [0, 0.1) is 6.92 Å². The van der Waals surface area contributed by atoms with E-state index in [-0.39, 0.29) is 0 Å². The van der Waals surface area contributed by atoms with Crippen LogP contribution in [0.3, 0.4) is 0 Å². The third-order valence-electron chi connectivity index (χ3n) is 4.28. The fourth-order valence-corrected chi connectivity index (χ4v) is 3.16. The Hall–Kier alpha value is -2.54. The summed E-state index contributed by atoms with van der Waals surface area (Å²) in [7, 11) is 0. The summed E-state index contributed by atoms with van der Waals surface area (Å²) in [6, 6.07) is 7.84. The first-order valence-corrected chi connectivity index (χ1v) is 7.68. The Labute approximate surface area is 133 Å². The number of nitrogens with zero attached hydrogens (tertiary/aromatic N) is 6. The van der Waals surface area contributed by atoms with Crippen LogP contribution in [-0.4, -0.2) is 48.8 Å². The lowest BCUT2D eigenvalue weighted by molar-refractivity contribution is 0.0408. The van der Waals surface area contributed by atoms with Gasteiger partial charge in [0.1, 0.15) is 5.60 Å². The van der Waals surface area contributed by atoms with Crippen molar-refractivity contribution in [1.29, 1.82) is 0 Å². The van der Waals surface area contributed by atoms with Crippen LogP contribution in [0.4, 0.5) is 5.82 Å². The van der Waals surface area contributed by atoms with E-state index in [1.165, 1.54) is 0 Å². The van der Waals surface area contributed by atoms with E-state index in [4.69, 9.17) is 4.98 Å². The van der Waals surface area contributed by atoms with E-state index in [9.17, 15) is 5.11 Å². The molecule has 0 spiro atoms. The predicted octanol–water partition coefficient (Wildman–Crippen LogP) is 1.17. The lowest BCUT2D eigenvalue weighted by Crippen LogP contribution is -2.38. The van der Waals surface area contributed by atoms with Gasteiger partial charge in [-0.05, 0) is 25.5 Å². The van der Waals surface area contributed by atoms with Gasteiger partial charge < -0.3 is 10.0 Å². The topological polar surface area (TPSA) is 80.0 Å². The fourth-order valence-electron chi connectivity index (χ4n) is 3.16. The zero-order chi connectivity index (χ0) is 15.9. The van der Waals surface area contributed by atoms with Crippen LogP contribution in [0.1, 0.15) is 12.1 Å². The van der Waals surface area contributed by atoms with Crippen LogP contribution < -0.4 is 4.90 Å². The lowest BCUT2D eigenvalue weighted by atomic mass is 10.0. The lowest BCUT2D eigenvalue weighted by Gasteiger charge is -2.24. The number of para-hydroxylation sites is 2. The first-order chi connectivity index (χ1) is 11.1. The van der Waals surface area contributed by atoms with E-state index in [1.54, 1.807) is 17.1 Å². The molecule has 1 aromatic carbocycles.